The molecule has 2 heterocycles. The van der Waals surface area contributed by atoms with E-state index in [9.17, 15) is 13.2 Å². The number of carbonyl (C=O) groups excluding carboxylic acids is 1. The number of H-pyrrole nitrogens is 1. The van der Waals surface area contributed by atoms with Gasteiger partial charge < -0.3 is 9.88 Å². The Labute approximate surface area is 131 Å². The predicted molar refractivity (Wildman–Crippen MR) is 83.9 cm³/mol. The topological polar surface area (TPSA) is 70.2 Å². The number of carbonyl (C=O) groups is 1. The molecule has 5 nitrogen and oxygen atoms in total. The minimum absolute atomic E-state index is 0.0104. The molecular formula is C16H22N2O3S. The second-order valence-corrected chi connectivity index (χ2v) is 9.42. The van der Waals surface area contributed by atoms with E-state index in [1.165, 1.54) is 24.8 Å². The minimum Gasteiger partial charge on any atom is -0.361 e. The van der Waals surface area contributed by atoms with Gasteiger partial charge in [0.05, 0.1) is 10.8 Å². The summed E-state index contributed by atoms with van der Waals surface area (Å²) in [6, 6.07) is 2.03. The van der Waals surface area contributed by atoms with Crippen molar-refractivity contribution in [3.05, 3.63) is 23.0 Å². The molecule has 1 aromatic rings. The highest BCUT2D eigenvalue weighted by atomic mass is 32.2. The number of rotatable bonds is 4. The first-order valence-corrected chi connectivity index (χ1v) is 10.1. The number of likely N-dealkylation sites (tertiary alicyclic amines) is 1. The normalized spacial score (nSPS) is 25.7. The fourth-order valence-electron chi connectivity index (χ4n) is 3.41. The van der Waals surface area contributed by atoms with Gasteiger partial charge in [-0.15, -0.1) is 0 Å². The lowest BCUT2D eigenvalue weighted by atomic mass is 10.1. The summed E-state index contributed by atoms with van der Waals surface area (Å²) < 4.78 is 23.4. The van der Waals surface area contributed by atoms with Gasteiger partial charge in [-0.25, -0.2) is 8.42 Å². The Morgan fingerprint density at radius 2 is 1.86 bits per heavy atom. The summed E-state index contributed by atoms with van der Waals surface area (Å²) in [5.74, 6) is 1.11. The molecule has 6 heteroatoms. The summed E-state index contributed by atoms with van der Waals surface area (Å²) in [6.07, 6.45) is 6.54. The summed E-state index contributed by atoms with van der Waals surface area (Å²) in [6.45, 7) is 0.885. The van der Waals surface area contributed by atoms with Gasteiger partial charge >= 0.3 is 0 Å². The second kappa shape index (κ2) is 4.85. The first-order chi connectivity index (χ1) is 10.4. The Morgan fingerprint density at radius 1 is 1.18 bits per heavy atom. The summed E-state index contributed by atoms with van der Waals surface area (Å²) in [4.78, 5) is 18.0. The lowest BCUT2D eigenvalue weighted by molar-refractivity contribution is 0.0792. The molecule has 1 aromatic heterocycles. The average Bonchev–Trinajstić information content (AvgIpc) is 3.39. The molecule has 1 saturated heterocycles. The minimum atomic E-state index is -3.07. The van der Waals surface area contributed by atoms with Crippen LogP contribution in [0.5, 0.6) is 0 Å². The maximum Gasteiger partial charge on any atom is 0.255 e. The highest BCUT2D eigenvalue weighted by molar-refractivity contribution is 7.91. The van der Waals surface area contributed by atoms with Crippen LogP contribution in [0, 0.1) is 0 Å². The molecule has 3 aliphatic rings. The third-order valence-corrected chi connectivity index (χ3v) is 6.74. The van der Waals surface area contributed by atoms with Crippen LogP contribution in [0.3, 0.4) is 0 Å². The average molecular weight is 322 g/mol. The molecule has 1 amide bonds. The fourth-order valence-corrected chi connectivity index (χ4v) is 4.39. The first kappa shape index (κ1) is 14.3. The standard InChI is InChI=1S/C16H22N2O3S/c1-22(20,21)12-6-7-18(9-12)16(19)13-8-14(10-2-3-10)17-15(13)11-4-5-11/h8,10-12,17H,2-7,9H2,1H3. The largest absolute Gasteiger partial charge is 0.361 e. The van der Waals surface area contributed by atoms with Gasteiger partial charge in [0.15, 0.2) is 9.84 Å². The molecule has 1 atom stereocenters. The van der Waals surface area contributed by atoms with Crippen molar-refractivity contribution >= 4 is 15.7 Å². The molecule has 0 aromatic carbocycles. The fraction of sp³-hybridized carbons (Fsp3) is 0.688. The first-order valence-electron chi connectivity index (χ1n) is 8.14. The lowest BCUT2D eigenvalue weighted by Gasteiger charge is -2.16. The number of hydrogen-bond acceptors (Lipinski definition) is 3. The SMILES string of the molecule is CS(=O)(=O)C1CCN(C(=O)c2cc(C3CC3)[nH]c2C2CC2)C1. The molecule has 0 spiro atoms. The Kier molecular flexibility index (Phi) is 3.15. The van der Waals surface area contributed by atoms with Crippen LogP contribution in [-0.4, -0.2) is 48.8 Å². The Balaban J connectivity index is 1.58. The Hall–Kier alpha value is -1.30. The third kappa shape index (κ3) is 2.57. The predicted octanol–water partition coefficient (Wildman–Crippen LogP) is 2.03. The highest BCUT2D eigenvalue weighted by Gasteiger charge is 2.38. The number of sulfone groups is 1. The van der Waals surface area contributed by atoms with Crippen molar-refractivity contribution in [2.45, 2.75) is 49.2 Å². The van der Waals surface area contributed by atoms with Crippen LogP contribution >= 0.6 is 0 Å². The molecule has 2 saturated carbocycles. The van der Waals surface area contributed by atoms with E-state index >= 15 is 0 Å². The van der Waals surface area contributed by atoms with Crippen molar-refractivity contribution in [1.29, 1.82) is 0 Å². The van der Waals surface area contributed by atoms with Crippen LogP contribution in [0.2, 0.25) is 0 Å². The van der Waals surface area contributed by atoms with Crippen molar-refractivity contribution in [2.24, 2.45) is 0 Å². The number of hydrogen-bond donors (Lipinski definition) is 1. The maximum absolute atomic E-state index is 12.8. The second-order valence-electron chi connectivity index (χ2n) is 7.09. The zero-order chi connectivity index (χ0) is 15.5. The molecule has 0 radical (unpaired) electrons. The summed E-state index contributed by atoms with van der Waals surface area (Å²) in [7, 11) is -3.07. The molecule has 2 aliphatic carbocycles. The van der Waals surface area contributed by atoms with E-state index in [4.69, 9.17) is 0 Å². The lowest BCUT2D eigenvalue weighted by Crippen LogP contribution is -2.31. The van der Waals surface area contributed by atoms with E-state index in [0.29, 0.717) is 31.3 Å². The van der Waals surface area contributed by atoms with E-state index in [-0.39, 0.29) is 5.91 Å². The number of amides is 1. The van der Waals surface area contributed by atoms with Crippen LogP contribution in [0.4, 0.5) is 0 Å². The summed E-state index contributed by atoms with van der Waals surface area (Å²) >= 11 is 0. The van der Waals surface area contributed by atoms with Gasteiger partial charge in [-0.1, -0.05) is 0 Å². The zero-order valence-electron chi connectivity index (χ0n) is 12.8. The molecular weight excluding hydrogens is 300 g/mol. The van der Waals surface area contributed by atoms with Gasteiger partial charge in [0.25, 0.3) is 5.91 Å². The van der Waals surface area contributed by atoms with E-state index < -0.39 is 15.1 Å². The summed E-state index contributed by atoms with van der Waals surface area (Å²) in [5, 5.41) is -0.400. The molecule has 22 heavy (non-hydrogen) atoms. The van der Waals surface area contributed by atoms with Crippen LogP contribution in [0.15, 0.2) is 6.07 Å². The number of nitrogens with one attached hydrogen (secondary N) is 1. The monoisotopic (exact) mass is 322 g/mol. The van der Waals surface area contributed by atoms with Crippen LogP contribution < -0.4 is 0 Å². The van der Waals surface area contributed by atoms with Crippen LogP contribution in [-0.2, 0) is 9.84 Å². The number of aromatic nitrogens is 1. The molecule has 1 unspecified atom stereocenters. The zero-order valence-corrected chi connectivity index (χ0v) is 13.7. The Morgan fingerprint density at radius 3 is 2.41 bits per heavy atom. The van der Waals surface area contributed by atoms with Crippen molar-refractivity contribution < 1.29 is 13.2 Å². The van der Waals surface area contributed by atoms with Crippen molar-refractivity contribution in [1.82, 2.24) is 9.88 Å². The van der Waals surface area contributed by atoms with Gasteiger partial charge in [0.1, 0.15) is 0 Å². The van der Waals surface area contributed by atoms with Crippen LogP contribution in [0.1, 0.15) is 65.7 Å². The third-order valence-electron chi connectivity index (χ3n) is 5.14. The molecule has 4 rings (SSSR count). The van der Waals surface area contributed by atoms with Crippen LogP contribution in [0.25, 0.3) is 0 Å². The van der Waals surface area contributed by atoms with Gasteiger partial charge in [-0.05, 0) is 50.0 Å². The van der Waals surface area contributed by atoms with E-state index in [0.717, 1.165) is 24.1 Å². The molecule has 3 fully saturated rings. The van der Waals surface area contributed by atoms with Crippen molar-refractivity contribution in [3.8, 4) is 0 Å². The van der Waals surface area contributed by atoms with Gasteiger partial charge in [0.2, 0.25) is 0 Å². The molecule has 120 valence electrons. The molecule has 1 aliphatic heterocycles. The van der Waals surface area contributed by atoms with Gasteiger partial charge in [-0.2, -0.15) is 0 Å². The van der Waals surface area contributed by atoms with Crippen molar-refractivity contribution in [2.75, 3.05) is 19.3 Å². The molecule has 1 N–H and O–H groups in total. The smallest absolute Gasteiger partial charge is 0.255 e. The number of nitrogens with zero attached hydrogens (tertiary/aromatic N) is 1. The quantitative estimate of drug-likeness (QED) is 0.922. The van der Waals surface area contributed by atoms with Crippen molar-refractivity contribution in [3.63, 3.8) is 0 Å². The van der Waals surface area contributed by atoms with Gasteiger partial charge in [-0.3, -0.25) is 4.79 Å². The molecule has 0 bridgehead atoms. The Bertz CT molecular complexity index is 714. The van der Waals surface area contributed by atoms with E-state index in [1.54, 1.807) is 4.90 Å². The summed E-state index contributed by atoms with van der Waals surface area (Å²) in [5.41, 5.74) is 3.08. The number of aromatic amines is 1. The highest BCUT2D eigenvalue weighted by Crippen LogP contribution is 2.46. The van der Waals surface area contributed by atoms with E-state index in [2.05, 4.69) is 4.98 Å². The van der Waals surface area contributed by atoms with Gasteiger partial charge in [0, 0.05) is 30.7 Å². The van der Waals surface area contributed by atoms with E-state index in [1.807, 2.05) is 6.07 Å². The maximum atomic E-state index is 12.8.